The summed E-state index contributed by atoms with van der Waals surface area (Å²) in [5, 5.41) is 11.0. The molecule has 8 nitrogen and oxygen atoms in total. The van der Waals surface area contributed by atoms with Gasteiger partial charge >= 0.3 is 11.8 Å². The van der Waals surface area contributed by atoms with Crippen LogP contribution in [-0.4, -0.2) is 40.8 Å². The highest BCUT2D eigenvalue weighted by molar-refractivity contribution is 9.11. The van der Waals surface area contributed by atoms with Crippen molar-refractivity contribution in [2.45, 2.75) is 32.3 Å². The summed E-state index contributed by atoms with van der Waals surface area (Å²) in [5.74, 6) is -14.5. The maximum Gasteiger partial charge on any atom is 0.351 e. The Bertz CT molecular complexity index is 2160. The monoisotopic (exact) mass is 964 g/mol. The van der Waals surface area contributed by atoms with Gasteiger partial charge in [0.2, 0.25) is 5.78 Å². The molecule has 0 aliphatic heterocycles. The van der Waals surface area contributed by atoms with Gasteiger partial charge in [-0.15, -0.1) is 0 Å². The smallest absolute Gasteiger partial charge is 0.351 e. The fraction of sp³-hybridized carbons (Fsp3) is 0.139. The molecule has 0 radical (unpaired) electrons. The van der Waals surface area contributed by atoms with E-state index in [0.29, 0.717) is 27.1 Å². The van der Waals surface area contributed by atoms with Crippen molar-refractivity contribution < 1.29 is 45.0 Å². The molecular formula is C36H27Br3F8N6O2. The summed E-state index contributed by atoms with van der Waals surface area (Å²) >= 11 is 9.29. The molecule has 1 N–H and O–H groups in total. The number of nitrogens with zero attached hydrogens (tertiary/aromatic N) is 6. The van der Waals surface area contributed by atoms with Crippen LogP contribution in [0.15, 0.2) is 124 Å². The fourth-order valence-electron chi connectivity index (χ4n) is 4.32. The molecule has 1 unspecified atom stereocenters. The lowest BCUT2D eigenvalue weighted by Crippen LogP contribution is -2.45. The number of rotatable bonds is 7. The van der Waals surface area contributed by atoms with Gasteiger partial charge < -0.3 is 5.11 Å². The first-order chi connectivity index (χ1) is 25.0. The summed E-state index contributed by atoms with van der Waals surface area (Å²) in [5.41, 5.74) is -7.03. The van der Waals surface area contributed by atoms with Crippen LogP contribution in [-0.2, 0) is 17.4 Å². The van der Waals surface area contributed by atoms with Crippen molar-refractivity contribution in [2.24, 2.45) is 0 Å². The maximum absolute atomic E-state index is 15.3. The summed E-state index contributed by atoms with van der Waals surface area (Å²) in [4.78, 5) is 33.5. The van der Waals surface area contributed by atoms with Crippen LogP contribution >= 0.6 is 47.8 Å². The molecule has 6 aromatic rings. The number of hydrogen-bond acceptors (Lipinski definition) is 8. The number of hydrogen-bond donors (Lipinski definition) is 1. The van der Waals surface area contributed by atoms with Gasteiger partial charge in [0, 0.05) is 69.4 Å². The van der Waals surface area contributed by atoms with Crippen LogP contribution in [0.1, 0.15) is 47.7 Å². The van der Waals surface area contributed by atoms with Crippen LogP contribution < -0.4 is 0 Å². The van der Waals surface area contributed by atoms with Crippen LogP contribution in [0.2, 0.25) is 0 Å². The third-order valence-corrected chi connectivity index (χ3v) is 8.19. The second-order valence-corrected chi connectivity index (χ2v) is 13.1. The number of benzene rings is 2. The van der Waals surface area contributed by atoms with Crippen LogP contribution in [0, 0.1) is 23.3 Å². The van der Waals surface area contributed by atoms with Gasteiger partial charge in [-0.1, -0.05) is 14.9 Å². The van der Waals surface area contributed by atoms with Gasteiger partial charge in [0.1, 0.15) is 47.3 Å². The average Bonchev–Trinajstić information content (AvgIpc) is 3.12. The van der Waals surface area contributed by atoms with Crippen LogP contribution in [0.3, 0.4) is 0 Å². The van der Waals surface area contributed by atoms with E-state index in [-0.39, 0.29) is 14.9 Å². The highest BCUT2D eigenvalue weighted by atomic mass is 79.9. The number of ketones is 1. The Morgan fingerprint density at radius 1 is 0.582 bits per heavy atom. The number of alkyl halides is 4. The van der Waals surface area contributed by atoms with Gasteiger partial charge in [0.25, 0.3) is 0 Å². The number of carbonyl (C=O) groups is 1. The van der Waals surface area contributed by atoms with E-state index in [2.05, 4.69) is 77.7 Å². The third kappa shape index (κ3) is 11.0. The Morgan fingerprint density at radius 2 is 1.05 bits per heavy atom. The molecule has 55 heavy (non-hydrogen) atoms. The lowest BCUT2D eigenvalue weighted by atomic mass is 9.80. The average molecular weight is 967 g/mol. The number of pyridine rings is 2. The summed E-state index contributed by atoms with van der Waals surface area (Å²) in [6.07, 6.45) is 10.0. The van der Waals surface area contributed by atoms with E-state index >= 15 is 8.78 Å². The Hall–Kier alpha value is -4.59. The lowest BCUT2D eigenvalue weighted by Gasteiger charge is -2.36. The molecule has 0 aliphatic carbocycles. The lowest BCUT2D eigenvalue weighted by molar-refractivity contribution is -0.175. The first kappa shape index (κ1) is 46.6. The largest absolute Gasteiger partial charge is 0.374 e. The summed E-state index contributed by atoms with van der Waals surface area (Å²) in [7, 11) is 0. The van der Waals surface area contributed by atoms with Crippen LogP contribution in [0.4, 0.5) is 35.1 Å². The topological polar surface area (TPSA) is 115 Å². The van der Waals surface area contributed by atoms with Crippen molar-refractivity contribution in [3.8, 4) is 0 Å². The molecular weight excluding hydrogens is 940 g/mol. The van der Waals surface area contributed by atoms with E-state index in [0.717, 1.165) is 65.9 Å². The molecule has 0 fully saturated rings. The molecule has 0 spiro atoms. The zero-order valence-corrected chi connectivity index (χ0v) is 30.8. The standard InChI is InChI=1S/C17H10BrF4N3O.C13H6BrF4NO.C4H3BrN2.2CH4/c18-11-1-4-15(25-8-11)17(21,22)16(26,10-6-23-9-24-7-10)13-3-2-12(19)5-14(13)20;14-7-1-4-11(19-6-7)13(17,18)12(20)9-3-2-8(15)5-10(9)16;5-4-1-6-3-7-2-4;;/h1-9,26H;1-6H;1-3H;2*1H4. The van der Waals surface area contributed by atoms with E-state index < -0.39 is 74.6 Å². The quantitative estimate of drug-likeness (QED) is 0.124. The van der Waals surface area contributed by atoms with Gasteiger partial charge in [0.05, 0.1) is 10.0 Å². The predicted molar refractivity (Wildman–Crippen MR) is 197 cm³/mol. The van der Waals surface area contributed by atoms with Crippen molar-refractivity contribution in [3.63, 3.8) is 0 Å². The number of aromatic nitrogens is 6. The van der Waals surface area contributed by atoms with E-state index in [1.165, 1.54) is 18.5 Å². The van der Waals surface area contributed by atoms with Gasteiger partial charge in [-0.25, -0.2) is 37.5 Å². The fourth-order valence-corrected chi connectivity index (χ4v) is 5.03. The molecule has 4 aromatic heterocycles. The highest BCUT2D eigenvalue weighted by Gasteiger charge is 2.59. The SMILES string of the molecule is Brc1cncnc1.C.C.O=C(c1ccc(F)cc1F)C(F)(F)c1ccc(Br)cn1.OC(c1cncnc1)(c1ccc(F)cc1F)C(F)(F)c1ccc(Br)cn1. The number of carbonyl (C=O) groups excluding carboxylic acids is 1. The molecule has 6 rings (SSSR count). The highest BCUT2D eigenvalue weighted by Crippen LogP contribution is 2.49. The van der Waals surface area contributed by atoms with Gasteiger partial charge in [-0.3, -0.25) is 14.8 Å². The van der Waals surface area contributed by atoms with Gasteiger partial charge in [-0.2, -0.15) is 17.6 Å². The molecule has 0 aliphatic rings. The molecule has 0 saturated heterocycles. The summed E-state index contributed by atoms with van der Waals surface area (Å²) in [6, 6.07) is 8.25. The van der Waals surface area contributed by atoms with Crippen molar-refractivity contribution in [3.05, 3.63) is 175 Å². The minimum atomic E-state index is -4.09. The van der Waals surface area contributed by atoms with E-state index in [1.54, 1.807) is 12.4 Å². The van der Waals surface area contributed by atoms with Gasteiger partial charge in [-0.05, 0) is 96.3 Å². The zero-order chi connectivity index (χ0) is 39.0. The number of halogens is 11. The van der Waals surface area contributed by atoms with Crippen molar-refractivity contribution in [1.29, 1.82) is 0 Å². The van der Waals surface area contributed by atoms with E-state index in [4.69, 9.17) is 0 Å². The molecule has 0 bridgehead atoms. The predicted octanol–water partition coefficient (Wildman–Crippen LogP) is 10.5. The van der Waals surface area contributed by atoms with E-state index in [1.807, 2.05) is 0 Å². The Balaban J connectivity index is 0.000000319. The molecule has 290 valence electrons. The van der Waals surface area contributed by atoms with Crippen LogP contribution in [0.5, 0.6) is 0 Å². The first-order valence-electron chi connectivity index (χ1n) is 14.3. The molecule has 0 amide bonds. The maximum atomic E-state index is 15.3. The Morgan fingerprint density at radius 3 is 1.49 bits per heavy atom. The van der Waals surface area contributed by atoms with E-state index in [9.17, 15) is 36.2 Å². The first-order valence-corrected chi connectivity index (χ1v) is 16.7. The molecule has 0 saturated carbocycles. The Kier molecular flexibility index (Phi) is 16.8. The third-order valence-electron chi connectivity index (χ3n) is 6.84. The van der Waals surface area contributed by atoms with Gasteiger partial charge in [0.15, 0.2) is 5.60 Å². The minimum Gasteiger partial charge on any atom is -0.374 e. The van der Waals surface area contributed by atoms with Crippen molar-refractivity contribution in [1.82, 2.24) is 29.9 Å². The van der Waals surface area contributed by atoms with Crippen molar-refractivity contribution in [2.75, 3.05) is 0 Å². The summed E-state index contributed by atoms with van der Waals surface area (Å²) < 4.78 is 114. The zero-order valence-electron chi connectivity index (χ0n) is 26.1. The minimum absolute atomic E-state index is 0. The number of Topliss-reactive ketones (excluding diaryl/α,β-unsaturated/α-hetero) is 1. The Labute approximate surface area is 334 Å². The van der Waals surface area contributed by atoms with Crippen LogP contribution in [0.25, 0.3) is 0 Å². The van der Waals surface area contributed by atoms with Crippen molar-refractivity contribution >= 4 is 53.6 Å². The molecule has 19 heteroatoms. The molecule has 2 aromatic carbocycles. The second-order valence-electron chi connectivity index (χ2n) is 10.3. The summed E-state index contributed by atoms with van der Waals surface area (Å²) in [6.45, 7) is 0. The molecule has 1 atom stereocenters. The normalized spacial score (nSPS) is 11.9. The second kappa shape index (κ2) is 19.8. The molecule has 4 heterocycles. The number of aliphatic hydroxyl groups is 1.